The molecule has 2 heteroatoms. The summed E-state index contributed by atoms with van der Waals surface area (Å²) in [6.07, 6.45) is 8.13. The molecule has 0 bridgehead atoms. The first-order valence-electron chi connectivity index (χ1n) is 9.26. The molecule has 0 aromatic carbocycles. The molecule has 1 aliphatic carbocycles. The first-order chi connectivity index (χ1) is 9.75. The first kappa shape index (κ1) is 17.3. The van der Waals surface area contributed by atoms with Gasteiger partial charge in [0.15, 0.2) is 0 Å². The summed E-state index contributed by atoms with van der Waals surface area (Å²) < 4.78 is 0. The van der Waals surface area contributed by atoms with Gasteiger partial charge in [-0.15, -0.1) is 0 Å². The quantitative estimate of drug-likeness (QED) is 0.824. The molecule has 0 aromatic rings. The molecule has 1 heterocycles. The van der Waals surface area contributed by atoms with Gasteiger partial charge in [0.1, 0.15) is 0 Å². The minimum absolute atomic E-state index is 0.399. The zero-order valence-electron chi connectivity index (χ0n) is 15.3. The molecule has 21 heavy (non-hydrogen) atoms. The molecule has 3 unspecified atom stereocenters. The summed E-state index contributed by atoms with van der Waals surface area (Å²) in [5.74, 6) is 0.874. The lowest BCUT2D eigenvalue weighted by Gasteiger charge is -2.49. The Morgan fingerprint density at radius 1 is 1.19 bits per heavy atom. The fourth-order valence-corrected chi connectivity index (χ4v) is 4.59. The van der Waals surface area contributed by atoms with E-state index < -0.39 is 0 Å². The monoisotopic (exact) mass is 294 g/mol. The van der Waals surface area contributed by atoms with Crippen LogP contribution < -0.4 is 5.32 Å². The van der Waals surface area contributed by atoms with Crippen LogP contribution in [0.1, 0.15) is 80.1 Å². The van der Waals surface area contributed by atoms with E-state index >= 15 is 0 Å². The molecule has 2 aliphatic rings. The normalized spacial score (nSPS) is 34.3. The fourth-order valence-electron chi connectivity index (χ4n) is 4.59. The lowest BCUT2D eigenvalue weighted by Crippen LogP contribution is -2.58. The molecule has 0 radical (unpaired) electrons. The second kappa shape index (κ2) is 6.58. The van der Waals surface area contributed by atoms with Gasteiger partial charge in [-0.05, 0) is 76.8 Å². The number of nitrogens with zero attached hydrogens (tertiary/aromatic N) is 1. The van der Waals surface area contributed by atoms with Gasteiger partial charge in [-0.3, -0.25) is 4.90 Å². The summed E-state index contributed by atoms with van der Waals surface area (Å²) >= 11 is 0. The Labute approximate surface area is 133 Å². The van der Waals surface area contributed by atoms with E-state index in [-0.39, 0.29) is 0 Å². The van der Waals surface area contributed by atoms with Crippen molar-refractivity contribution >= 4 is 0 Å². The van der Waals surface area contributed by atoms with Crippen molar-refractivity contribution in [3.8, 4) is 0 Å². The Morgan fingerprint density at radius 2 is 1.90 bits per heavy atom. The van der Waals surface area contributed by atoms with Gasteiger partial charge in [0.2, 0.25) is 0 Å². The van der Waals surface area contributed by atoms with Crippen LogP contribution in [0.3, 0.4) is 0 Å². The van der Waals surface area contributed by atoms with E-state index in [9.17, 15) is 0 Å². The van der Waals surface area contributed by atoms with Gasteiger partial charge >= 0.3 is 0 Å². The van der Waals surface area contributed by atoms with Gasteiger partial charge in [0.05, 0.1) is 0 Å². The molecule has 124 valence electrons. The smallest absolute Gasteiger partial charge is 0.0257 e. The molecule has 3 atom stereocenters. The maximum atomic E-state index is 3.87. The number of rotatable bonds is 4. The molecule has 0 aromatic heterocycles. The predicted octanol–water partition coefficient (Wildman–Crippen LogP) is 4.44. The molecule has 2 nitrogen and oxygen atoms in total. The molecule has 1 saturated carbocycles. The molecule has 1 saturated heterocycles. The van der Waals surface area contributed by atoms with E-state index in [1.165, 1.54) is 51.6 Å². The van der Waals surface area contributed by atoms with Gasteiger partial charge in [-0.2, -0.15) is 0 Å². The summed E-state index contributed by atoms with van der Waals surface area (Å²) in [7, 11) is 0. The Bertz CT molecular complexity index is 329. The van der Waals surface area contributed by atoms with Crippen molar-refractivity contribution in [3.63, 3.8) is 0 Å². The molecular formula is C19H38N2. The Balaban J connectivity index is 2.12. The van der Waals surface area contributed by atoms with E-state index in [0.29, 0.717) is 17.0 Å². The second-order valence-corrected chi connectivity index (χ2v) is 9.11. The summed E-state index contributed by atoms with van der Waals surface area (Å²) in [4.78, 5) is 2.85. The predicted molar refractivity (Wildman–Crippen MR) is 92.7 cm³/mol. The Kier molecular flexibility index (Phi) is 5.41. The lowest BCUT2D eigenvalue weighted by atomic mass is 9.69. The van der Waals surface area contributed by atoms with Gasteiger partial charge in [0, 0.05) is 17.6 Å². The molecular weight excluding hydrogens is 256 g/mol. The number of hydrogen-bond acceptors (Lipinski definition) is 2. The third-order valence-electron chi connectivity index (χ3n) is 6.06. The summed E-state index contributed by atoms with van der Waals surface area (Å²) in [5.41, 5.74) is 0.856. The van der Waals surface area contributed by atoms with Crippen molar-refractivity contribution in [2.45, 2.75) is 97.7 Å². The van der Waals surface area contributed by atoms with Crippen LogP contribution in [-0.4, -0.2) is 35.6 Å². The molecule has 2 fully saturated rings. The lowest BCUT2D eigenvalue weighted by molar-refractivity contribution is 0.0245. The molecule has 0 spiro atoms. The van der Waals surface area contributed by atoms with Crippen molar-refractivity contribution < 1.29 is 0 Å². The Hall–Kier alpha value is -0.0800. The first-order valence-corrected chi connectivity index (χ1v) is 9.26. The third-order valence-corrected chi connectivity index (χ3v) is 6.06. The second-order valence-electron chi connectivity index (χ2n) is 9.11. The van der Waals surface area contributed by atoms with E-state index in [1.807, 2.05) is 0 Å². The minimum atomic E-state index is 0.399. The fraction of sp³-hybridized carbons (Fsp3) is 1.00. The van der Waals surface area contributed by atoms with E-state index in [0.717, 1.165) is 12.0 Å². The zero-order chi connectivity index (χ0) is 15.7. The summed E-state index contributed by atoms with van der Waals surface area (Å²) in [6, 6.07) is 1.45. The van der Waals surface area contributed by atoms with Crippen LogP contribution in [0.25, 0.3) is 0 Å². The van der Waals surface area contributed by atoms with Crippen LogP contribution in [0.2, 0.25) is 0 Å². The van der Waals surface area contributed by atoms with Crippen LogP contribution in [0.5, 0.6) is 0 Å². The highest BCUT2D eigenvalue weighted by molar-refractivity contribution is 5.00. The van der Waals surface area contributed by atoms with Crippen LogP contribution in [-0.2, 0) is 0 Å². The van der Waals surface area contributed by atoms with E-state index in [2.05, 4.69) is 51.8 Å². The summed E-state index contributed by atoms with van der Waals surface area (Å²) in [6.45, 7) is 17.0. The molecule has 1 N–H and O–H groups in total. The highest BCUT2D eigenvalue weighted by Gasteiger charge is 2.44. The molecule has 2 rings (SSSR count). The van der Waals surface area contributed by atoms with Gasteiger partial charge in [0.25, 0.3) is 0 Å². The van der Waals surface area contributed by atoms with Crippen LogP contribution in [0, 0.1) is 11.3 Å². The topological polar surface area (TPSA) is 15.3 Å². The number of hydrogen-bond donors (Lipinski definition) is 1. The van der Waals surface area contributed by atoms with Crippen LogP contribution in [0.15, 0.2) is 0 Å². The van der Waals surface area contributed by atoms with Crippen molar-refractivity contribution in [1.29, 1.82) is 0 Å². The molecule has 0 amide bonds. The van der Waals surface area contributed by atoms with E-state index in [1.54, 1.807) is 0 Å². The largest absolute Gasteiger partial charge is 0.312 e. The van der Waals surface area contributed by atoms with Crippen molar-refractivity contribution in [1.82, 2.24) is 10.2 Å². The standard InChI is InChI=1S/C19H38N2/c1-7-12-20-16-10-9-15(18(2,3)4)14-17(16)21-13-8-11-19(21,5)6/h15-17,20H,7-14H2,1-6H3. The maximum absolute atomic E-state index is 3.87. The maximum Gasteiger partial charge on any atom is 0.0257 e. The SMILES string of the molecule is CCCNC1CCC(C(C)(C)C)CC1N1CCCC1(C)C. The Morgan fingerprint density at radius 3 is 2.43 bits per heavy atom. The van der Waals surface area contributed by atoms with E-state index in [4.69, 9.17) is 0 Å². The van der Waals surface area contributed by atoms with Gasteiger partial charge in [-0.1, -0.05) is 27.7 Å². The molecule has 1 aliphatic heterocycles. The average Bonchev–Trinajstić information content (AvgIpc) is 2.74. The van der Waals surface area contributed by atoms with Crippen LogP contribution >= 0.6 is 0 Å². The van der Waals surface area contributed by atoms with Crippen molar-refractivity contribution in [2.75, 3.05) is 13.1 Å². The highest BCUT2D eigenvalue weighted by atomic mass is 15.3. The summed E-state index contributed by atoms with van der Waals surface area (Å²) in [5, 5.41) is 3.87. The minimum Gasteiger partial charge on any atom is -0.312 e. The number of likely N-dealkylation sites (tertiary alicyclic amines) is 1. The third kappa shape index (κ3) is 4.01. The van der Waals surface area contributed by atoms with Gasteiger partial charge < -0.3 is 5.32 Å². The van der Waals surface area contributed by atoms with Gasteiger partial charge in [-0.25, -0.2) is 0 Å². The average molecular weight is 295 g/mol. The van der Waals surface area contributed by atoms with Crippen molar-refractivity contribution in [2.24, 2.45) is 11.3 Å². The van der Waals surface area contributed by atoms with Crippen LogP contribution in [0.4, 0.5) is 0 Å². The highest BCUT2D eigenvalue weighted by Crippen LogP contribution is 2.42. The number of nitrogens with one attached hydrogen (secondary N) is 1. The van der Waals surface area contributed by atoms with Crippen molar-refractivity contribution in [3.05, 3.63) is 0 Å². The zero-order valence-corrected chi connectivity index (χ0v) is 15.3.